The monoisotopic (exact) mass is 313 g/mol. The SMILES string of the molecule is Cc1cc(OCc2nnc(-c3ccccc3)n2C)ccc1Cl. The maximum Gasteiger partial charge on any atom is 0.171 e. The molecule has 22 heavy (non-hydrogen) atoms. The van der Waals surface area contributed by atoms with Crippen LogP contribution in [0.4, 0.5) is 0 Å². The second kappa shape index (κ2) is 6.20. The van der Waals surface area contributed by atoms with Gasteiger partial charge >= 0.3 is 0 Å². The Morgan fingerprint density at radius 3 is 2.59 bits per heavy atom. The first-order chi connectivity index (χ1) is 10.6. The van der Waals surface area contributed by atoms with Crippen molar-refractivity contribution >= 4 is 11.6 Å². The van der Waals surface area contributed by atoms with E-state index in [1.165, 1.54) is 0 Å². The molecule has 1 aromatic heterocycles. The first-order valence-corrected chi connectivity index (χ1v) is 7.35. The Kier molecular flexibility index (Phi) is 4.11. The van der Waals surface area contributed by atoms with Crippen LogP contribution in [-0.4, -0.2) is 14.8 Å². The third-order valence-corrected chi connectivity index (χ3v) is 3.92. The van der Waals surface area contributed by atoms with Crippen LogP contribution in [0.3, 0.4) is 0 Å². The van der Waals surface area contributed by atoms with E-state index in [2.05, 4.69) is 10.2 Å². The molecule has 0 aliphatic heterocycles. The third-order valence-electron chi connectivity index (χ3n) is 3.49. The van der Waals surface area contributed by atoms with Gasteiger partial charge in [0.2, 0.25) is 0 Å². The van der Waals surface area contributed by atoms with Gasteiger partial charge in [-0.25, -0.2) is 0 Å². The molecule has 0 aliphatic carbocycles. The van der Waals surface area contributed by atoms with Gasteiger partial charge in [-0.05, 0) is 30.7 Å². The van der Waals surface area contributed by atoms with Gasteiger partial charge in [0.25, 0.3) is 0 Å². The van der Waals surface area contributed by atoms with Gasteiger partial charge < -0.3 is 9.30 Å². The van der Waals surface area contributed by atoms with Crippen LogP contribution < -0.4 is 4.74 Å². The molecule has 0 radical (unpaired) electrons. The summed E-state index contributed by atoms with van der Waals surface area (Å²) < 4.78 is 7.72. The first kappa shape index (κ1) is 14.6. The zero-order chi connectivity index (χ0) is 15.5. The fourth-order valence-corrected chi connectivity index (χ4v) is 2.30. The molecule has 0 aliphatic rings. The Balaban J connectivity index is 1.76. The van der Waals surface area contributed by atoms with E-state index in [4.69, 9.17) is 16.3 Å². The summed E-state index contributed by atoms with van der Waals surface area (Å²) in [5, 5.41) is 9.18. The van der Waals surface area contributed by atoms with Crippen molar-refractivity contribution in [1.82, 2.24) is 14.8 Å². The number of aromatic nitrogens is 3. The van der Waals surface area contributed by atoms with Crippen molar-refractivity contribution in [3.05, 3.63) is 64.9 Å². The molecule has 5 heteroatoms. The molecule has 0 spiro atoms. The lowest BCUT2D eigenvalue weighted by atomic mass is 10.2. The lowest BCUT2D eigenvalue weighted by Crippen LogP contribution is -2.04. The molecule has 0 unspecified atom stereocenters. The fourth-order valence-electron chi connectivity index (χ4n) is 2.18. The largest absolute Gasteiger partial charge is 0.486 e. The van der Waals surface area contributed by atoms with Gasteiger partial charge in [0.1, 0.15) is 12.4 Å². The minimum absolute atomic E-state index is 0.359. The average molecular weight is 314 g/mol. The molecule has 3 rings (SSSR count). The van der Waals surface area contributed by atoms with Crippen molar-refractivity contribution in [2.24, 2.45) is 7.05 Å². The summed E-state index contributed by atoms with van der Waals surface area (Å²) in [7, 11) is 1.94. The highest BCUT2D eigenvalue weighted by molar-refractivity contribution is 6.31. The predicted molar refractivity (Wildman–Crippen MR) is 87.0 cm³/mol. The van der Waals surface area contributed by atoms with Crippen molar-refractivity contribution in [3.63, 3.8) is 0 Å². The number of benzene rings is 2. The van der Waals surface area contributed by atoms with E-state index < -0.39 is 0 Å². The molecule has 0 fully saturated rings. The number of halogens is 1. The van der Waals surface area contributed by atoms with E-state index in [1.54, 1.807) is 0 Å². The Labute approximate surface area is 134 Å². The molecule has 0 saturated carbocycles. The second-order valence-electron chi connectivity index (χ2n) is 5.06. The maximum absolute atomic E-state index is 6.01. The molecule has 112 valence electrons. The molecule has 3 aromatic rings. The molecular weight excluding hydrogens is 298 g/mol. The first-order valence-electron chi connectivity index (χ1n) is 6.98. The van der Waals surface area contributed by atoms with Crippen LogP contribution in [0.2, 0.25) is 5.02 Å². The van der Waals surface area contributed by atoms with E-state index >= 15 is 0 Å². The second-order valence-corrected chi connectivity index (χ2v) is 5.47. The summed E-state index contributed by atoms with van der Waals surface area (Å²) >= 11 is 6.01. The lowest BCUT2D eigenvalue weighted by molar-refractivity contribution is 0.291. The predicted octanol–water partition coefficient (Wildman–Crippen LogP) is 4.02. The molecule has 1 heterocycles. The van der Waals surface area contributed by atoms with Crippen LogP contribution >= 0.6 is 11.6 Å². The van der Waals surface area contributed by atoms with Crippen LogP contribution in [0.5, 0.6) is 5.75 Å². The quantitative estimate of drug-likeness (QED) is 0.730. The Morgan fingerprint density at radius 2 is 1.86 bits per heavy atom. The van der Waals surface area contributed by atoms with Crippen molar-refractivity contribution in [2.45, 2.75) is 13.5 Å². The Hall–Kier alpha value is -2.33. The molecular formula is C17H16ClN3O. The van der Waals surface area contributed by atoms with Crippen LogP contribution in [-0.2, 0) is 13.7 Å². The lowest BCUT2D eigenvalue weighted by Gasteiger charge is -2.08. The summed E-state index contributed by atoms with van der Waals surface area (Å²) in [6.45, 7) is 2.31. The van der Waals surface area contributed by atoms with E-state index in [9.17, 15) is 0 Å². The number of hydrogen-bond donors (Lipinski definition) is 0. The average Bonchev–Trinajstić information content (AvgIpc) is 2.90. The smallest absolute Gasteiger partial charge is 0.171 e. The van der Waals surface area contributed by atoms with Gasteiger partial charge in [-0.3, -0.25) is 0 Å². The highest BCUT2D eigenvalue weighted by Gasteiger charge is 2.11. The molecule has 0 N–H and O–H groups in total. The number of aryl methyl sites for hydroxylation is 1. The van der Waals surface area contributed by atoms with E-state index in [-0.39, 0.29) is 0 Å². The van der Waals surface area contributed by atoms with Gasteiger partial charge in [-0.15, -0.1) is 10.2 Å². The minimum Gasteiger partial charge on any atom is -0.486 e. The minimum atomic E-state index is 0.359. The normalized spacial score (nSPS) is 10.7. The Bertz CT molecular complexity index is 784. The fraction of sp³-hybridized carbons (Fsp3) is 0.176. The van der Waals surface area contributed by atoms with Gasteiger partial charge in [0.05, 0.1) is 0 Å². The standard InChI is InChI=1S/C17H16ClN3O/c1-12-10-14(8-9-15(12)18)22-11-16-19-20-17(21(16)2)13-6-4-3-5-7-13/h3-10H,11H2,1-2H3. The zero-order valence-corrected chi connectivity index (χ0v) is 13.2. The number of nitrogens with zero attached hydrogens (tertiary/aromatic N) is 3. The van der Waals surface area contributed by atoms with Gasteiger partial charge in [-0.1, -0.05) is 41.9 Å². The van der Waals surface area contributed by atoms with Crippen LogP contribution in [0.25, 0.3) is 11.4 Å². The van der Waals surface area contributed by atoms with Crippen molar-refractivity contribution in [1.29, 1.82) is 0 Å². The van der Waals surface area contributed by atoms with Gasteiger partial charge in [0, 0.05) is 17.6 Å². The zero-order valence-electron chi connectivity index (χ0n) is 12.5. The van der Waals surface area contributed by atoms with Crippen LogP contribution in [0, 0.1) is 6.92 Å². The highest BCUT2D eigenvalue weighted by Crippen LogP contribution is 2.22. The molecule has 4 nitrogen and oxygen atoms in total. The number of hydrogen-bond acceptors (Lipinski definition) is 3. The third kappa shape index (κ3) is 2.97. The summed E-state index contributed by atoms with van der Waals surface area (Å²) in [4.78, 5) is 0. The van der Waals surface area contributed by atoms with E-state index in [0.29, 0.717) is 6.61 Å². The highest BCUT2D eigenvalue weighted by atomic mass is 35.5. The van der Waals surface area contributed by atoms with Gasteiger partial charge in [-0.2, -0.15) is 0 Å². The van der Waals surface area contributed by atoms with Crippen molar-refractivity contribution in [3.8, 4) is 17.1 Å². The summed E-state index contributed by atoms with van der Waals surface area (Å²) in [5.74, 6) is 2.36. The summed E-state index contributed by atoms with van der Waals surface area (Å²) in [6, 6.07) is 15.6. The topological polar surface area (TPSA) is 39.9 Å². The maximum atomic E-state index is 6.01. The van der Waals surface area contributed by atoms with Crippen molar-refractivity contribution in [2.75, 3.05) is 0 Å². The molecule has 0 bridgehead atoms. The van der Waals surface area contributed by atoms with Gasteiger partial charge in [0.15, 0.2) is 11.6 Å². The molecule has 0 atom stereocenters. The Morgan fingerprint density at radius 1 is 1.09 bits per heavy atom. The molecule has 0 amide bonds. The van der Waals surface area contributed by atoms with Crippen LogP contribution in [0.1, 0.15) is 11.4 Å². The summed E-state index contributed by atoms with van der Waals surface area (Å²) in [5.41, 5.74) is 2.02. The number of rotatable bonds is 4. The summed E-state index contributed by atoms with van der Waals surface area (Å²) in [6.07, 6.45) is 0. The van der Waals surface area contributed by atoms with E-state index in [0.717, 1.165) is 33.5 Å². The molecule has 2 aromatic carbocycles. The van der Waals surface area contributed by atoms with Crippen LogP contribution in [0.15, 0.2) is 48.5 Å². The van der Waals surface area contributed by atoms with Crippen molar-refractivity contribution < 1.29 is 4.74 Å². The van der Waals surface area contributed by atoms with E-state index in [1.807, 2.05) is 67.1 Å². The number of ether oxygens (including phenoxy) is 1. The molecule has 0 saturated heterocycles.